The number of carbonyl (C=O) groups excluding carboxylic acids is 1. The smallest absolute Gasteiger partial charge is 0.265 e. The maximum absolute atomic E-state index is 13.5. The number of pyridine rings is 1. The molecule has 0 saturated carbocycles. The molecule has 2 aromatic carbocycles. The molecule has 0 spiro atoms. The quantitative estimate of drug-likeness (QED) is 0.555. The Bertz CT molecular complexity index is 1240. The third kappa shape index (κ3) is 3.24. The molecule has 28 heavy (non-hydrogen) atoms. The van der Waals surface area contributed by atoms with Crippen molar-refractivity contribution in [3.63, 3.8) is 0 Å². The minimum absolute atomic E-state index is 0.139. The van der Waals surface area contributed by atoms with E-state index in [1.807, 2.05) is 37.3 Å². The Morgan fingerprint density at radius 1 is 1.14 bits per heavy atom. The number of halogens is 1. The number of nitrogens with zero attached hydrogens (tertiary/aromatic N) is 2. The van der Waals surface area contributed by atoms with Gasteiger partial charge in [-0.3, -0.25) is 14.0 Å². The molecule has 0 radical (unpaired) electrons. The number of amides is 1. The van der Waals surface area contributed by atoms with Gasteiger partial charge in [0.25, 0.3) is 11.5 Å². The summed E-state index contributed by atoms with van der Waals surface area (Å²) in [5.74, 6) is -0.677. The van der Waals surface area contributed by atoms with Gasteiger partial charge in [-0.1, -0.05) is 37.3 Å². The summed E-state index contributed by atoms with van der Waals surface area (Å²) >= 11 is 0. The molecule has 1 N–H and O–H groups in total. The van der Waals surface area contributed by atoms with E-state index in [1.54, 1.807) is 12.1 Å². The molecule has 0 bridgehead atoms. The van der Waals surface area contributed by atoms with Gasteiger partial charge in [-0.15, -0.1) is 0 Å². The van der Waals surface area contributed by atoms with Gasteiger partial charge in [0.05, 0.1) is 16.5 Å². The van der Waals surface area contributed by atoms with Gasteiger partial charge in [0.2, 0.25) is 0 Å². The van der Waals surface area contributed by atoms with Crippen molar-refractivity contribution in [2.45, 2.75) is 12.8 Å². The lowest BCUT2D eigenvalue weighted by atomic mass is 10.0. The van der Waals surface area contributed by atoms with Crippen molar-refractivity contribution in [2.75, 3.05) is 6.54 Å². The molecule has 6 heteroatoms. The van der Waals surface area contributed by atoms with Crippen LogP contribution in [0.15, 0.2) is 71.7 Å². The molecule has 4 aromatic rings. The summed E-state index contributed by atoms with van der Waals surface area (Å²) < 4.78 is 14.8. The molecular formula is C22H18FN3O2. The minimum atomic E-state index is -0.504. The number of hydrogen-bond donors (Lipinski definition) is 1. The van der Waals surface area contributed by atoms with Crippen LogP contribution >= 0.6 is 0 Å². The third-order valence-electron chi connectivity index (χ3n) is 4.78. The van der Waals surface area contributed by atoms with Gasteiger partial charge in [0, 0.05) is 12.7 Å². The van der Waals surface area contributed by atoms with E-state index in [4.69, 9.17) is 0 Å². The van der Waals surface area contributed by atoms with Crippen molar-refractivity contribution >= 4 is 22.5 Å². The van der Waals surface area contributed by atoms with Crippen LogP contribution in [0.2, 0.25) is 0 Å². The third-order valence-corrected chi connectivity index (χ3v) is 4.78. The molecule has 1 amide bonds. The first kappa shape index (κ1) is 17.9. The molecule has 0 aliphatic heterocycles. The molecule has 5 nitrogen and oxygen atoms in total. The number of benzene rings is 2. The highest BCUT2D eigenvalue weighted by molar-refractivity contribution is 6.00. The van der Waals surface area contributed by atoms with Crippen LogP contribution in [0.4, 0.5) is 4.39 Å². The topological polar surface area (TPSA) is 63.5 Å². The first-order chi connectivity index (χ1) is 13.5. The van der Waals surface area contributed by atoms with E-state index in [1.165, 1.54) is 22.7 Å². The lowest BCUT2D eigenvalue weighted by Gasteiger charge is -2.14. The summed E-state index contributed by atoms with van der Waals surface area (Å²) in [5.41, 5.74) is 1.61. The summed E-state index contributed by atoms with van der Waals surface area (Å²) in [6, 6.07) is 17.0. The molecule has 0 aliphatic rings. The van der Waals surface area contributed by atoms with Gasteiger partial charge in [-0.2, -0.15) is 0 Å². The Hall–Kier alpha value is -3.54. The highest BCUT2D eigenvalue weighted by atomic mass is 19.1. The minimum Gasteiger partial charge on any atom is -0.351 e. The molecule has 4 rings (SSSR count). The predicted octanol–water partition coefficient (Wildman–Crippen LogP) is 3.52. The molecular weight excluding hydrogens is 357 g/mol. The number of aromatic nitrogens is 2. The Kier molecular flexibility index (Phi) is 4.61. The van der Waals surface area contributed by atoms with E-state index in [0.29, 0.717) is 17.6 Å². The van der Waals surface area contributed by atoms with E-state index in [9.17, 15) is 14.0 Å². The summed E-state index contributed by atoms with van der Waals surface area (Å²) in [7, 11) is 0. The molecule has 0 fully saturated rings. The lowest BCUT2D eigenvalue weighted by molar-refractivity contribution is 0.0952. The summed E-state index contributed by atoms with van der Waals surface area (Å²) in [5, 5.41) is 3.09. The van der Waals surface area contributed by atoms with E-state index >= 15 is 0 Å². The first-order valence-electron chi connectivity index (χ1n) is 8.98. The van der Waals surface area contributed by atoms with E-state index in [-0.39, 0.29) is 22.9 Å². The standard InChI is InChI=1S/C22H18FN3O2/c1-14(15-6-3-2-4-7-15)13-24-21(27)17-8-5-11-26-20(17)25-19-10-9-16(23)12-18(19)22(26)28/h2-12,14H,13H2,1H3,(H,24,27). The molecule has 140 valence electrons. The lowest BCUT2D eigenvalue weighted by Crippen LogP contribution is -2.29. The predicted molar refractivity (Wildman–Crippen MR) is 106 cm³/mol. The second kappa shape index (κ2) is 7.23. The number of carbonyl (C=O) groups is 1. The zero-order valence-corrected chi connectivity index (χ0v) is 15.2. The monoisotopic (exact) mass is 375 g/mol. The molecule has 1 atom stereocenters. The zero-order valence-electron chi connectivity index (χ0n) is 15.2. The summed E-state index contributed by atoms with van der Waals surface area (Å²) in [4.78, 5) is 29.9. The van der Waals surface area contributed by atoms with Gasteiger partial charge >= 0.3 is 0 Å². The van der Waals surface area contributed by atoms with Crippen LogP contribution in [0.25, 0.3) is 16.6 Å². The van der Waals surface area contributed by atoms with Gasteiger partial charge in [0.1, 0.15) is 5.82 Å². The Morgan fingerprint density at radius 3 is 2.71 bits per heavy atom. The van der Waals surface area contributed by atoms with Crippen LogP contribution in [0.3, 0.4) is 0 Å². The van der Waals surface area contributed by atoms with Crippen molar-refractivity contribution in [1.82, 2.24) is 14.7 Å². The average molecular weight is 375 g/mol. The SMILES string of the molecule is CC(CNC(=O)c1cccn2c(=O)c3cc(F)ccc3nc12)c1ccccc1. The Morgan fingerprint density at radius 2 is 1.93 bits per heavy atom. The maximum Gasteiger partial charge on any atom is 0.265 e. The molecule has 1 unspecified atom stereocenters. The van der Waals surface area contributed by atoms with E-state index < -0.39 is 11.4 Å². The number of fused-ring (bicyclic) bond motifs is 2. The van der Waals surface area contributed by atoms with E-state index in [0.717, 1.165) is 11.6 Å². The fraction of sp³-hybridized carbons (Fsp3) is 0.136. The van der Waals surface area contributed by atoms with Crippen LogP contribution in [0.1, 0.15) is 28.8 Å². The van der Waals surface area contributed by atoms with E-state index in [2.05, 4.69) is 10.3 Å². The molecule has 2 aromatic heterocycles. The van der Waals surface area contributed by atoms with Crippen LogP contribution in [-0.4, -0.2) is 21.8 Å². The zero-order chi connectivity index (χ0) is 19.7. The maximum atomic E-state index is 13.5. The first-order valence-corrected chi connectivity index (χ1v) is 8.98. The number of hydrogen-bond acceptors (Lipinski definition) is 3. The normalized spacial score (nSPS) is 12.2. The largest absolute Gasteiger partial charge is 0.351 e. The molecule has 2 heterocycles. The van der Waals surface area contributed by atoms with Crippen molar-refractivity contribution in [2.24, 2.45) is 0 Å². The van der Waals surface area contributed by atoms with Crippen molar-refractivity contribution in [1.29, 1.82) is 0 Å². The van der Waals surface area contributed by atoms with Crippen molar-refractivity contribution in [3.05, 3.63) is 94.2 Å². The van der Waals surface area contributed by atoms with Crippen molar-refractivity contribution < 1.29 is 9.18 Å². The van der Waals surface area contributed by atoms with Gasteiger partial charge < -0.3 is 5.32 Å². The Balaban J connectivity index is 1.68. The second-order valence-corrected chi connectivity index (χ2v) is 6.72. The summed E-state index contributed by atoms with van der Waals surface area (Å²) in [6.07, 6.45) is 1.53. The highest BCUT2D eigenvalue weighted by Gasteiger charge is 2.15. The van der Waals surface area contributed by atoms with Gasteiger partial charge in [0.15, 0.2) is 5.65 Å². The number of rotatable bonds is 4. The highest BCUT2D eigenvalue weighted by Crippen LogP contribution is 2.16. The average Bonchev–Trinajstić information content (AvgIpc) is 2.73. The van der Waals surface area contributed by atoms with Crippen LogP contribution in [-0.2, 0) is 0 Å². The summed E-state index contributed by atoms with van der Waals surface area (Å²) in [6.45, 7) is 2.48. The van der Waals surface area contributed by atoms with Crippen LogP contribution in [0, 0.1) is 5.82 Å². The molecule has 0 aliphatic carbocycles. The Labute approximate surface area is 160 Å². The van der Waals surface area contributed by atoms with Crippen molar-refractivity contribution in [3.8, 4) is 0 Å². The van der Waals surface area contributed by atoms with Crippen LogP contribution < -0.4 is 10.9 Å². The van der Waals surface area contributed by atoms with Gasteiger partial charge in [-0.25, -0.2) is 9.37 Å². The fourth-order valence-electron chi connectivity index (χ4n) is 3.22. The second-order valence-electron chi connectivity index (χ2n) is 6.72. The van der Waals surface area contributed by atoms with Gasteiger partial charge in [-0.05, 0) is 41.8 Å². The fourth-order valence-corrected chi connectivity index (χ4v) is 3.22. The molecule has 0 saturated heterocycles. The van der Waals surface area contributed by atoms with Crippen LogP contribution in [0.5, 0.6) is 0 Å². The number of nitrogens with one attached hydrogen (secondary N) is 1.